The lowest BCUT2D eigenvalue weighted by Crippen LogP contribution is -2.48. The van der Waals surface area contributed by atoms with Crippen LogP contribution in [0.3, 0.4) is 0 Å². The number of tetrazole rings is 1. The lowest BCUT2D eigenvalue weighted by molar-refractivity contribution is 0.0967. The molecular weight excluding hydrogens is 379 g/mol. The van der Waals surface area contributed by atoms with Gasteiger partial charge in [0.25, 0.3) is 0 Å². The molecule has 2 heterocycles. The van der Waals surface area contributed by atoms with Crippen molar-refractivity contribution in [2.75, 3.05) is 26.2 Å². The number of nitrogens with zero attached hydrogens (tertiary/aromatic N) is 6. The summed E-state index contributed by atoms with van der Waals surface area (Å²) in [5.74, 6) is 0.460. The normalized spacial score (nSPS) is 17.2. The molecule has 0 N–H and O–H groups in total. The first-order valence-corrected chi connectivity index (χ1v) is 10.5. The third kappa shape index (κ3) is 4.42. The maximum absolute atomic E-state index is 14.9. The Morgan fingerprint density at radius 3 is 2.27 bits per heavy atom. The highest BCUT2D eigenvalue weighted by Gasteiger charge is 2.34. The minimum atomic E-state index is -0.320. The molecule has 0 unspecified atom stereocenters. The van der Waals surface area contributed by atoms with E-state index >= 15 is 0 Å². The number of aromatic nitrogens is 4. The fourth-order valence-electron chi connectivity index (χ4n) is 4.06. The monoisotopic (exact) mass is 408 g/mol. The zero-order valence-corrected chi connectivity index (χ0v) is 17.9. The molecule has 7 heteroatoms. The second kappa shape index (κ2) is 8.62. The third-order valence-electron chi connectivity index (χ3n) is 5.59. The summed E-state index contributed by atoms with van der Waals surface area (Å²) in [7, 11) is 0. The number of benzene rings is 2. The highest BCUT2D eigenvalue weighted by molar-refractivity contribution is 5.27. The lowest BCUT2D eigenvalue weighted by atomic mass is 10.0. The maximum Gasteiger partial charge on any atom is 0.173 e. The van der Waals surface area contributed by atoms with Gasteiger partial charge in [-0.25, -0.2) is 9.07 Å². The van der Waals surface area contributed by atoms with Gasteiger partial charge in [0.1, 0.15) is 11.9 Å². The predicted octanol–water partition coefficient (Wildman–Crippen LogP) is 3.47. The van der Waals surface area contributed by atoms with E-state index in [0.717, 1.165) is 32.7 Å². The Morgan fingerprint density at radius 1 is 0.933 bits per heavy atom. The lowest BCUT2D eigenvalue weighted by Gasteiger charge is -2.39. The topological polar surface area (TPSA) is 50.1 Å². The van der Waals surface area contributed by atoms with Crippen molar-refractivity contribution < 1.29 is 4.39 Å². The molecule has 0 aliphatic carbocycles. The van der Waals surface area contributed by atoms with Crippen molar-refractivity contribution in [2.45, 2.75) is 38.9 Å². The first kappa shape index (κ1) is 20.6. The molecule has 1 atom stereocenters. The smallest absolute Gasteiger partial charge is 0.173 e. The van der Waals surface area contributed by atoms with Gasteiger partial charge in [0, 0.05) is 38.3 Å². The summed E-state index contributed by atoms with van der Waals surface area (Å²) in [6, 6.07) is 17.1. The molecule has 3 aromatic rings. The van der Waals surface area contributed by atoms with Crippen LogP contribution in [-0.4, -0.2) is 56.2 Å². The molecule has 2 aromatic carbocycles. The Bertz CT molecular complexity index is 957. The van der Waals surface area contributed by atoms with E-state index in [0.29, 0.717) is 11.4 Å². The van der Waals surface area contributed by atoms with Gasteiger partial charge in [-0.1, -0.05) is 48.5 Å². The molecule has 1 aromatic heterocycles. The highest BCUT2D eigenvalue weighted by atomic mass is 19.1. The zero-order chi connectivity index (χ0) is 21.1. The number of hydrogen-bond donors (Lipinski definition) is 0. The molecule has 1 fully saturated rings. The van der Waals surface area contributed by atoms with Gasteiger partial charge in [0.05, 0.1) is 5.54 Å². The van der Waals surface area contributed by atoms with E-state index < -0.39 is 0 Å². The Balaban J connectivity index is 1.59. The van der Waals surface area contributed by atoms with Gasteiger partial charge in [-0.2, -0.15) is 0 Å². The van der Waals surface area contributed by atoms with Crippen LogP contribution in [0.5, 0.6) is 0 Å². The molecule has 6 nitrogen and oxygen atoms in total. The van der Waals surface area contributed by atoms with Crippen molar-refractivity contribution in [3.8, 4) is 0 Å². The Morgan fingerprint density at radius 2 is 1.60 bits per heavy atom. The van der Waals surface area contributed by atoms with Gasteiger partial charge < -0.3 is 0 Å². The largest absolute Gasteiger partial charge is 0.297 e. The van der Waals surface area contributed by atoms with Gasteiger partial charge in [-0.3, -0.25) is 9.80 Å². The quantitative estimate of drug-likeness (QED) is 0.647. The van der Waals surface area contributed by atoms with E-state index in [4.69, 9.17) is 0 Å². The summed E-state index contributed by atoms with van der Waals surface area (Å²) in [5.41, 5.74) is 1.64. The molecule has 0 radical (unpaired) electrons. The number of hydrogen-bond acceptors (Lipinski definition) is 5. The summed E-state index contributed by atoms with van der Waals surface area (Å²) in [6.45, 7) is 10.6. The van der Waals surface area contributed by atoms with Crippen molar-refractivity contribution in [1.29, 1.82) is 0 Å². The average Bonchev–Trinajstić information content (AvgIpc) is 3.22. The molecule has 4 rings (SSSR count). The van der Waals surface area contributed by atoms with Crippen molar-refractivity contribution in [3.63, 3.8) is 0 Å². The minimum Gasteiger partial charge on any atom is -0.297 e. The van der Waals surface area contributed by atoms with Crippen LogP contribution in [0.15, 0.2) is 54.6 Å². The van der Waals surface area contributed by atoms with Crippen molar-refractivity contribution >= 4 is 0 Å². The Labute approximate surface area is 177 Å². The standard InChI is InChI=1S/C23H29FN6/c1-23(2,3)30-22(25-26-27-30)21(19-11-7-8-12-20(19)24)29-15-13-28(14-16-29)17-18-9-5-4-6-10-18/h4-12,21H,13-17H2,1-3H3/t21-/m0/s1. The van der Waals surface area contributed by atoms with Gasteiger partial charge >= 0.3 is 0 Å². The molecule has 1 aliphatic heterocycles. The molecule has 0 bridgehead atoms. The zero-order valence-electron chi connectivity index (χ0n) is 17.9. The van der Waals surface area contributed by atoms with E-state index in [1.807, 2.05) is 22.9 Å². The average molecular weight is 409 g/mol. The molecular formula is C23H29FN6. The number of halogens is 1. The summed E-state index contributed by atoms with van der Waals surface area (Å²) in [6.07, 6.45) is 0. The minimum absolute atomic E-state index is 0.224. The summed E-state index contributed by atoms with van der Waals surface area (Å²) >= 11 is 0. The Kier molecular flexibility index (Phi) is 5.92. The predicted molar refractivity (Wildman–Crippen MR) is 114 cm³/mol. The van der Waals surface area contributed by atoms with Crippen molar-refractivity contribution in [2.24, 2.45) is 0 Å². The summed E-state index contributed by atoms with van der Waals surface area (Å²) < 4.78 is 16.7. The first-order valence-electron chi connectivity index (χ1n) is 10.5. The van der Waals surface area contributed by atoms with E-state index in [1.54, 1.807) is 6.07 Å². The van der Waals surface area contributed by atoms with E-state index in [2.05, 4.69) is 70.4 Å². The fraction of sp³-hybridized carbons (Fsp3) is 0.435. The molecule has 30 heavy (non-hydrogen) atoms. The Hall–Kier alpha value is -2.64. The second-order valence-corrected chi connectivity index (χ2v) is 8.84. The fourth-order valence-corrected chi connectivity index (χ4v) is 4.06. The van der Waals surface area contributed by atoms with Crippen LogP contribution >= 0.6 is 0 Å². The maximum atomic E-state index is 14.9. The van der Waals surface area contributed by atoms with Crippen LogP contribution in [0, 0.1) is 5.82 Å². The third-order valence-corrected chi connectivity index (χ3v) is 5.59. The van der Waals surface area contributed by atoms with Crippen molar-refractivity contribution in [1.82, 2.24) is 30.0 Å². The summed E-state index contributed by atoms with van der Waals surface area (Å²) in [5, 5.41) is 12.5. The second-order valence-electron chi connectivity index (χ2n) is 8.84. The van der Waals surface area contributed by atoms with Crippen LogP contribution in [0.4, 0.5) is 4.39 Å². The first-order chi connectivity index (χ1) is 14.4. The van der Waals surface area contributed by atoms with Gasteiger partial charge in [0.2, 0.25) is 0 Å². The van der Waals surface area contributed by atoms with Crippen LogP contribution < -0.4 is 0 Å². The molecule has 0 spiro atoms. The van der Waals surface area contributed by atoms with E-state index in [-0.39, 0.29) is 17.4 Å². The van der Waals surface area contributed by atoms with Gasteiger partial charge in [-0.05, 0) is 42.8 Å². The van der Waals surface area contributed by atoms with Crippen LogP contribution in [0.2, 0.25) is 0 Å². The molecule has 158 valence electrons. The highest BCUT2D eigenvalue weighted by Crippen LogP contribution is 2.32. The molecule has 0 amide bonds. The number of piperazine rings is 1. The number of rotatable bonds is 5. The molecule has 1 aliphatic rings. The van der Waals surface area contributed by atoms with Crippen LogP contribution in [-0.2, 0) is 12.1 Å². The SMILES string of the molecule is CC(C)(C)n1nnnc1[C@H](c1ccccc1F)N1CCN(Cc2ccccc2)CC1. The van der Waals surface area contributed by atoms with Crippen LogP contribution in [0.1, 0.15) is 43.8 Å². The van der Waals surface area contributed by atoms with Gasteiger partial charge in [0.15, 0.2) is 5.82 Å². The van der Waals surface area contributed by atoms with Gasteiger partial charge in [-0.15, -0.1) is 5.10 Å². The van der Waals surface area contributed by atoms with E-state index in [1.165, 1.54) is 11.6 Å². The molecule has 0 saturated carbocycles. The van der Waals surface area contributed by atoms with Crippen LogP contribution in [0.25, 0.3) is 0 Å². The van der Waals surface area contributed by atoms with Crippen molar-refractivity contribution in [3.05, 3.63) is 77.4 Å². The van der Waals surface area contributed by atoms with E-state index in [9.17, 15) is 4.39 Å². The molecule has 1 saturated heterocycles. The summed E-state index contributed by atoms with van der Waals surface area (Å²) in [4.78, 5) is 4.74.